The van der Waals surface area contributed by atoms with Gasteiger partial charge in [0.1, 0.15) is 5.75 Å². The molecule has 0 atom stereocenters. The SMILES string of the molecule is CCN(C(=O)NC(C)(C)c1ccc(OC)cc1)c1cccc(C)c1. The van der Waals surface area contributed by atoms with E-state index in [-0.39, 0.29) is 6.03 Å². The van der Waals surface area contributed by atoms with Crippen molar-refractivity contribution >= 4 is 11.7 Å². The zero-order valence-corrected chi connectivity index (χ0v) is 15.1. The van der Waals surface area contributed by atoms with Crippen molar-refractivity contribution in [2.75, 3.05) is 18.6 Å². The molecule has 0 saturated carbocycles. The molecule has 4 heteroatoms. The fraction of sp³-hybridized carbons (Fsp3) is 0.350. The largest absolute Gasteiger partial charge is 0.497 e. The van der Waals surface area contributed by atoms with Gasteiger partial charge in [0.25, 0.3) is 0 Å². The second-order valence-corrected chi connectivity index (χ2v) is 6.37. The van der Waals surface area contributed by atoms with Gasteiger partial charge in [0.15, 0.2) is 0 Å². The van der Waals surface area contributed by atoms with Crippen LogP contribution < -0.4 is 15.0 Å². The molecule has 24 heavy (non-hydrogen) atoms. The molecule has 0 aliphatic heterocycles. The highest BCUT2D eigenvalue weighted by atomic mass is 16.5. The summed E-state index contributed by atoms with van der Waals surface area (Å²) in [6.45, 7) is 8.60. The number of nitrogens with zero attached hydrogens (tertiary/aromatic N) is 1. The molecule has 2 aromatic carbocycles. The van der Waals surface area contributed by atoms with Crippen molar-refractivity contribution in [1.29, 1.82) is 0 Å². The molecule has 0 aliphatic carbocycles. The maximum absolute atomic E-state index is 12.8. The average Bonchev–Trinajstić information content (AvgIpc) is 2.55. The van der Waals surface area contributed by atoms with Gasteiger partial charge in [-0.2, -0.15) is 0 Å². The molecule has 0 bridgehead atoms. The first-order valence-corrected chi connectivity index (χ1v) is 8.18. The highest BCUT2D eigenvalue weighted by molar-refractivity contribution is 5.92. The van der Waals surface area contributed by atoms with Gasteiger partial charge in [-0.05, 0) is 63.1 Å². The number of hydrogen-bond acceptors (Lipinski definition) is 2. The van der Waals surface area contributed by atoms with Crippen molar-refractivity contribution in [3.05, 3.63) is 59.7 Å². The zero-order valence-electron chi connectivity index (χ0n) is 15.1. The summed E-state index contributed by atoms with van der Waals surface area (Å²) in [7, 11) is 1.64. The van der Waals surface area contributed by atoms with Gasteiger partial charge in [-0.3, -0.25) is 4.90 Å². The number of rotatable bonds is 5. The smallest absolute Gasteiger partial charge is 0.322 e. The number of methoxy groups -OCH3 is 1. The van der Waals surface area contributed by atoms with E-state index in [1.54, 1.807) is 12.0 Å². The second-order valence-electron chi connectivity index (χ2n) is 6.37. The van der Waals surface area contributed by atoms with Crippen LogP contribution in [-0.4, -0.2) is 19.7 Å². The lowest BCUT2D eigenvalue weighted by atomic mass is 9.94. The molecular formula is C20H26N2O2. The zero-order chi connectivity index (χ0) is 17.7. The number of anilines is 1. The lowest BCUT2D eigenvalue weighted by molar-refractivity contribution is 0.236. The molecule has 0 saturated heterocycles. The van der Waals surface area contributed by atoms with E-state index in [0.717, 1.165) is 22.6 Å². The summed E-state index contributed by atoms with van der Waals surface area (Å²) in [6, 6.07) is 15.6. The van der Waals surface area contributed by atoms with E-state index in [0.29, 0.717) is 6.54 Å². The molecule has 0 heterocycles. The first-order chi connectivity index (χ1) is 11.4. The van der Waals surface area contributed by atoms with Gasteiger partial charge in [0, 0.05) is 12.2 Å². The Labute approximate surface area is 144 Å². The van der Waals surface area contributed by atoms with E-state index in [1.165, 1.54) is 0 Å². The molecule has 1 N–H and O–H groups in total. The van der Waals surface area contributed by atoms with Gasteiger partial charge in [-0.25, -0.2) is 4.79 Å². The molecule has 2 aromatic rings. The fourth-order valence-electron chi connectivity index (χ4n) is 2.65. The third-order valence-electron chi connectivity index (χ3n) is 4.11. The predicted molar refractivity (Wildman–Crippen MR) is 98.8 cm³/mol. The molecule has 128 valence electrons. The third kappa shape index (κ3) is 4.07. The lowest BCUT2D eigenvalue weighted by Gasteiger charge is -2.31. The Kier molecular flexibility index (Phi) is 5.50. The summed E-state index contributed by atoms with van der Waals surface area (Å²) in [5.74, 6) is 0.802. The third-order valence-corrected chi connectivity index (χ3v) is 4.11. The second kappa shape index (κ2) is 7.39. The molecule has 0 unspecified atom stereocenters. The van der Waals surface area contributed by atoms with Crippen molar-refractivity contribution < 1.29 is 9.53 Å². The van der Waals surface area contributed by atoms with Crippen LogP contribution in [0, 0.1) is 6.92 Å². The summed E-state index contributed by atoms with van der Waals surface area (Å²) < 4.78 is 5.19. The van der Waals surface area contributed by atoms with Crippen LogP contribution in [0.4, 0.5) is 10.5 Å². The number of ether oxygens (including phenoxy) is 1. The quantitative estimate of drug-likeness (QED) is 0.880. The van der Waals surface area contributed by atoms with E-state index in [9.17, 15) is 4.79 Å². The number of amides is 2. The molecule has 0 spiro atoms. The van der Waals surface area contributed by atoms with Gasteiger partial charge in [-0.15, -0.1) is 0 Å². The first-order valence-electron chi connectivity index (χ1n) is 8.18. The highest BCUT2D eigenvalue weighted by Gasteiger charge is 2.25. The average molecular weight is 326 g/mol. The summed E-state index contributed by atoms with van der Waals surface area (Å²) in [4.78, 5) is 14.5. The Morgan fingerprint density at radius 1 is 1.17 bits per heavy atom. The monoisotopic (exact) mass is 326 g/mol. The number of hydrogen-bond donors (Lipinski definition) is 1. The molecular weight excluding hydrogens is 300 g/mol. The maximum Gasteiger partial charge on any atom is 0.322 e. The normalized spacial score (nSPS) is 11.0. The standard InChI is InChI=1S/C20H26N2O2/c1-6-22(17-9-7-8-15(2)14-17)19(23)21-20(3,4)16-10-12-18(24-5)13-11-16/h7-14H,6H2,1-5H3,(H,21,23). The molecule has 0 aromatic heterocycles. The van der Waals surface area contributed by atoms with Crippen LogP contribution in [-0.2, 0) is 5.54 Å². The van der Waals surface area contributed by atoms with Crippen LogP contribution >= 0.6 is 0 Å². The van der Waals surface area contributed by atoms with Crippen LogP contribution in [0.3, 0.4) is 0 Å². The van der Waals surface area contributed by atoms with E-state index < -0.39 is 5.54 Å². The Balaban J connectivity index is 2.18. The first kappa shape index (κ1) is 17.9. The summed E-state index contributed by atoms with van der Waals surface area (Å²) >= 11 is 0. The lowest BCUT2D eigenvalue weighted by Crippen LogP contribution is -2.48. The predicted octanol–water partition coefficient (Wildman–Crippen LogP) is 4.47. The number of nitrogens with one attached hydrogen (secondary N) is 1. The number of carbonyl (C=O) groups is 1. The summed E-state index contributed by atoms with van der Waals surface area (Å²) in [6.07, 6.45) is 0. The Morgan fingerprint density at radius 3 is 2.38 bits per heavy atom. The van der Waals surface area contributed by atoms with Crippen molar-refractivity contribution in [2.45, 2.75) is 33.2 Å². The van der Waals surface area contributed by atoms with E-state index in [4.69, 9.17) is 4.74 Å². The number of aryl methyl sites for hydroxylation is 1. The minimum Gasteiger partial charge on any atom is -0.497 e. The van der Waals surface area contributed by atoms with Crippen molar-refractivity contribution in [3.63, 3.8) is 0 Å². The van der Waals surface area contributed by atoms with Crippen LogP contribution in [0.2, 0.25) is 0 Å². The van der Waals surface area contributed by atoms with E-state index in [2.05, 4.69) is 5.32 Å². The molecule has 0 radical (unpaired) electrons. The van der Waals surface area contributed by atoms with Gasteiger partial charge in [0.05, 0.1) is 12.6 Å². The van der Waals surface area contributed by atoms with Crippen LogP contribution in [0.1, 0.15) is 31.9 Å². The van der Waals surface area contributed by atoms with Gasteiger partial charge in [0.2, 0.25) is 0 Å². The summed E-state index contributed by atoms with van der Waals surface area (Å²) in [5, 5.41) is 3.13. The van der Waals surface area contributed by atoms with Crippen LogP contribution in [0.5, 0.6) is 5.75 Å². The van der Waals surface area contributed by atoms with Crippen LogP contribution in [0.25, 0.3) is 0 Å². The minimum atomic E-state index is -0.486. The molecule has 0 fully saturated rings. The van der Waals surface area contributed by atoms with Crippen molar-refractivity contribution in [1.82, 2.24) is 5.32 Å². The van der Waals surface area contributed by atoms with E-state index >= 15 is 0 Å². The van der Waals surface area contributed by atoms with Gasteiger partial charge >= 0.3 is 6.03 Å². The number of urea groups is 1. The van der Waals surface area contributed by atoms with Crippen molar-refractivity contribution in [3.8, 4) is 5.75 Å². The maximum atomic E-state index is 12.8. The highest BCUT2D eigenvalue weighted by Crippen LogP contribution is 2.24. The van der Waals surface area contributed by atoms with E-state index in [1.807, 2.05) is 76.2 Å². The van der Waals surface area contributed by atoms with Crippen molar-refractivity contribution in [2.24, 2.45) is 0 Å². The summed E-state index contributed by atoms with van der Waals surface area (Å²) in [5.41, 5.74) is 2.58. The molecule has 2 amide bonds. The van der Waals surface area contributed by atoms with Gasteiger partial charge in [-0.1, -0.05) is 24.3 Å². The van der Waals surface area contributed by atoms with Gasteiger partial charge < -0.3 is 10.1 Å². The topological polar surface area (TPSA) is 41.6 Å². The fourth-order valence-corrected chi connectivity index (χ4v) is 2.65. The molecule has 4 nitrogen and oxygen atoms in total. The Morgan fingerprint density at radius 2 is 1.83 bits per heavy atom. The number of benzene rings is 2. The van der Waals surface area contributed by atoms with Crippen LogP contribution in [0.15, 0.2) is 48.5 Å². The number of carbonyl (C=O) groups excluding carboxylic acids is 1. The Hall–Kier alpha value is -2.49. The molecule has 0 aliphatic rings. The minimum absolute atomic E-state index is 0.107. The Bertz CT molecular complexity index is 693. The molecule has 2 rings (SSSR count).